The SMILES string of the molecule is OC[C@@H]1S[C@H](Oc2ccc(Cl)cc2Cc2ccc(Cl)cc2Cl)[C@H](O)[C@@H](O)[C@@H]1O. The van der Waals surface area contributed by atoms with Crippen LogP contribution in [0.15, 0.2) is 36.4 Å². The predicted molar refractivity (Wildman–Crippen MR) is 112 cm³/mol. The number of thioether (sulfide) groups is 1. The van der Waals surface area contributed by atoms with Crippen molar-refractivity contribution in [3.05, 3.63) is 62.6 Å². The average Bonchev–Trinajstić information content (AvgIpc) is 2.66. The Kier molecular flexibility index (Phi) is 7.39. The molecule has 1 saturated heterocycles. The summed E-state index contributed by atoms with van der Waals surface area (Å²) in [6, 6.07) is 10.2. The first kappa shape index (κ1) is 22.0. The average molecular weight is 466 g/mol. The Labute approximate surface area is 181 Å². The van der Waals surface area contributed by atoms with Gasteiger partial charge < -0.3 is 25.2 Å². The summed E-state index contributed by atoms with van der Waals surface area (Å²) in [5.41, 5.74) is 0.667. The van der Waals surface area contributed by atoms with E-state index in [2.05, 4.69) is 0 Å². The molecule has 2 aromatic carbocycles. The second kappa shape index (κ2) is 9.41. The van der Waals surface area contributed by atoms with E-state index in [0.717, 1.165) is 22.9 Å². The van der Waals surface area contributed by atoms with Gasteiger partial charge in [-0.2, -0.15) is 0 Å². The molecule has 1 heterocycles. The van der Waals surface area contributed by atoms with Crippen molar-refractivity contribution in [2.75, 3.05) is 6.61 Å². The first-order valence-corrected chi connectivity index (χ1v) is 10.6. The smallest absolute Gasteiger partial charge is 0.173 e. The Bertz CT molecular complexity index is 835. The molecule has 0 amide bonds. The zero-order valence-electron chi connectivity index (χ0n) is 14.5. The van der Waals surface area contributed by atoms with Crippen LogP contribution in [0.25, 0.3) is 0 Å². The highest BCUT2D eigenvalue weighted by atomic mass is 35.5. The minimum atomic E-state index is -1.43. The van der Waals surface area contributed by atoms with E-state index < -0.39 is 29.0 Å². The Morgan fingerprint density at radius 2 is 1.54 bits per heavy atom. The zero-order valence-corrected chi connectivity index (χ0v) is 17.6. The van der Waals surface area contributed by atoms with Crippen LogP contribution >= 0.6 is 46.6 Å². The number of hydrogen-bond donors (Lipinski definition) is 4. The van der Waals surface area contributed by atoms with Gasteiger partial charge in [0.05, 0.1) is 18.0 Å². The van der Waals surface area contributed by atoms with Gasteiger partial charge in [-0.25, -0.2) is 0 Å². The third kappa shape index (κ3) is 4.89. The van der Waals surface area contributed by atoms with E-state index in [9.17, 15) is 20.4 Å². The molecule has 0 radical (unpaired) electrons. The summed E-state index contributed by atoms with van der Waals surface area (Å²) in [4.78, 5) is 0. The number of ether oxygens (including phenoxy) is 1. The maximum atomic E-state index is 10.3. The Hall–Kier alpha value is -0.700. The van der Waals surface area contributed by atoms with Crippen molar-refractivity contribution in [1.82, 2.24) is 0 Å². The van der Waals surface area contributed by atoms with Gasteiger partial charge in [-0.3, -0.25) is 0 Å². The summed E-state index contributed by atoms with van der Waals surface area (Å²) in [5.74, 6) is 0.451. The van der Waals surface area contributed by atoms with Crippen LogP contribution < -0.4 is 4.74 Å². The number of rotatable bonds is 5. The lowest BCUT2D eigenvalue weighted by Crippen LogP contribution is -2.55. The predicted octanol–water partition coefficient (Wildman–Crippen LogP) is 3.13. The highest BCUT2D eigenvalue weighted by Gasteiger charge is 2.44. The molecule has 2 aromatic rings. The van der Waals surface area contributed by atoms with Crippen LogP contribution in [0, 0.1) is 0 Å². The number of halogens is 3. The molecule has 1 fully saturated rings. The van der Waals surface area contributed by atoms with E-state index in [1.54, 1.807) is 30.3 Å². The van der Waals surface area contributed by atoms with Crippen LogP contribution in [-0.4, -0.2) is 56.0 Å². The Balaban J connectivity index is 1.86. The molecule has 1 aliphatic heterocycles. The van der Waals surface area contributed by atoms with Gasteiger partial charge in [0.15, 0.2) is 5.44 Å². The van der Waals surface area contributed by atoms with Crippen LogP contribution in [0.3, 0.4) is 0 Å². The largest absolute Gasteiger partial charge is 0.477 e. The molecule has 4 N–H and O–H groups in total. The number of benzene rings is 2. The second-order valence-electron chi connectivity index (χ2n) is 6.48. The van der Waals surface area contributed by atoms with Gasteiger partial charge in [0, 0.05) is 27.1 Å². The second-order valence-corrected chi connectivity index (χ2v) is 9.10. The maximum absolute atomic E-state index is 10.3. The highest BCUT2D eigenvalue weighted by Crippen LogP contribution is 2.36. The third-order valence-electron chi connectivity index (χ3n) is 4.51. The zero-order chi connectivity index (χ0) is 20.4. The molecule has 3 rings (SSSR count). The highest BCUT2D eigenvalue weighted by molar-refractivity contribution is 8.00. The van der Waals surface area contributed by atoms with Gasteiger partial charge in [-0.1, -0.05) is 40.9 Å². The van der Waals surface area contributed by atoms with Gasteiger partial charge in [0.1, 0.15) is 18.0 Å². The summed E-state index contributed by atoms with van der Waals surface area (Å²) in [6.07, 6.45) is -3.59. The van der Waals surface area contributed by atoms with E-state index >= 15 is 0 Å². The Morgan fingerprint density at radius 3 is 2.21 bits per heavy atom. The molecule has 0 aliphatic carbocycles. The monoisotopic (exact) mass is 464 g/mol. The summed E-state index contributed by atoms with van der Waals surface area (Å²) < 4.78 is 5.94. The normalized spacial score (nSPS) is 27.6. The molecule has 0 unspecified atom stereocenters. The molecule has 5 nitrogen and oxygen atoms in total. The van der Waals surface area contributed by atoms with Gasteiger partial charge in [-0.15, -0.1) is 11.8 Å². The van der Waals surface area contributed by atoms with Crippen LogP contribution in [-0.2, 0) is 6.42 Å². The lowest BCUT2D eigenvalue weighted by atomic mass is 10.0. The topological polar surface area (TPSA) is 90.2 Å². The fourth-order valence-electron chi connectivity index (χ4n) is 2.96. The van der Waals surface area contributed by atoms with Crippen molar-refractivity contribution in [2.24, 2.45) is 0 Å². The fraction of sp³-hybridized carbons (Fsp3) is 0.368. The van der Waals surface area contributed by atoms with Gasteiger partial charge in [0.25, 0.3) is 0 Å². The van der Waals surface area contributed by atoms with Gasteiger partial charge in [0.2, 0.25) is 0 Å². The summed E-state index contributed by atoms with van der Waals surface area (Å²) >= 11 is 19.4. The molecule has 0 saturated carbocycles. The van der Waals surface area contributed by atoms with E-state index in [0.29, 0.717) is 27.2 Å². The van der Waals surface area contributed by atoms with E-state index in [1.807, 2.05) is 6.07 Å². The quantitative estimate of drug-likeness (QED) is 0.542. The molecule has 0 spiro atoms. The van der Waals surface area contributed by atoms with Crippen molar-refractivity contribution < 1.29 is 25.2 Å². The molecular weight excluding hydrogens is 447 g/mol. The van der Waals surface area contributed by atoms with Crippen molar-refractivity contribution in [3.8, 4) is 5.75 Å². The molecule has 5 atom stereocenters. The minimum Gasteiger partial charge on any atom is -0.477 e. The van der Waals surface area contributed by atoms with Gasteiger partial charge in [-0.05, 0) is 35.9 Å². The lowest BCUT2D eigenvalue weighted by Gasteiger charge is -2.39. The molecular formula is C19H19Cl3O5S. The first-order chi connectivity index (χ1) is 13.3. The molecule has 1 aliphatic rings. The van der Waals surface area contributed by atoms with Gasteiger partial charge >= 0.3 is 0 Å². The van der Waals surface area contributed by atoms with Crippen LogP contribution in [0.4, 0.5) is 0 Å². The van der Waals surface area contributed by atoms with Crippen molar-refractivity contribution in [3.63, 3.8) is 0 Å². The molecule has 152 valence electrons. The third-order valence-corrected chi connectivity index (χ3v) is 6.75. The number of hydrogen-bond acceptors (Lipinski definition) is 6. The van der Waals surface area contributed by atoms with Crippen molar-refractivity contribution in [2.45, 2.75) is 35.4 Å². The maximum Gasteiger partial charge on any atom is 0.173 e. The van der Waals surface area contributed by atoms with E-state index in [4.69, 9.17) is 39.5 Å². The van der Waals surface area contributed by atoms with Crippen LogP contribution in [0.1, 0.15) is 11.1 Å². The van der Waals surface area contributed by atoms with Crippen LogP contribution in [0.5, 0.6) is 5.75 Å². The standard InChI is InChI=1S/C19H19Cl3O5S/c20-11-3-4-14(10(6-11)5-9-1-2-12(21)7-13(9)22)27-19-18(26)17(25)16(24)15(8-23)28-19/h1-4,6-7,15-19,23-26H,5,8H2/t15-,16+,17-,18+,19-/m0/s1. The molecule has 0 aromatic heterocycles. The number of aliphatic hydroxyl groups excluding tert-OH is 4. The molecule has 28 heavy (non-hydrogen) atoms. The minimum absolute atomic E-state index is 0.358. The summed E-state index contributed by atoms with van der Waals surface area (Å²) in [5, 5.41) is 40.6. The van der Waals surface area contributed by atoms with E-state index in [1.165, 1.54) is 0 Å². The van der Waals surface area contributed by atoms with Crippen LogP contribution in [0.2, 0.25) is 15.1 Å². The molecule has 9 heteroatoms. The fourth-order valence-corrected chi connectivity index (χ4v) is 4.87. The van der Waals surface area contributed by atoms with Crippen molar-refractivity contribution >= 4 is 46.6 Å². The Morgan fingerprint density at radius 1 is 0.857 bits per heavy atom. The number of aliphatic hydroxyl groups is 4. The first-order valence-electron chi connectivity index (χ1n) is 8.49. The van der Waals surface area contributed by atoms with Crippen molar-refractivity contribution in [1.29, 1.82) is 0 Å². The lowest BCUT2D eigenvalue weighted by molar-refractivity contribution is -0.0910. The summed E-state index contributed by atoms with van der Waals surface area (Å²) in [6.45, 7) is -0.358. The van der Waals surface area contributed by atoms with E-state index in [-0.39, 0.29) is 6.61 Å². The summed E-state index contributed by atoms with van der Waals surface area (Å²) in [7, 11) is 0. The molecule has 0 bridgehead atoms.